The van der Waals surface area contributed by atoms with Crippen LogP contribution in [0.2, 0.25) is 0 Å². The maximum atomic E-state index is 8.88. The van der Waals surface area contributed by atoms with E-state index < -0.39 is 5.54 Å². The molecule has 0 fully saturated rings. The fraction of sp³-hybridized carbons (Fsp3) is 0.500. The minimum Gasteiger partial charge on any atom is -0.468 e. The largest absolute Gasteiger partial charge is 0.468 e. The standard InChI is InChI=1S/C8H12BrNO2/c1-8(10,5-11)3-7-2-6(9)4-12-7/h2,4,11H,3,5,10H2,1H3. The van der Waals surface area contributed by atoms with Gasteiger partial charge < -0.3 is 15.3 Å². The van der Waals surface area contributed by atoms with Crippen molar-refractivity contribution >= 4 is 15.9 Å². The number of aliphatic hydroxyl groups excluding tert-OH is 1. The zero-order valence-electron chi connectivity index (χ0n) is 6.88. The van der Waals surface area contributed by atoms with Gasteiger partial charge >= 0.3 is 0 Å². The Morgan fingerprint density at radius 3 is 2.83 bits per heavy atom. The molecular weight excluding hydrogens is 222 g/mol. The molecule has 0 aliphatic heterocycles. The van der Waals surface area contributed by atoms with E-state index in [-0.39, 0.29) is 6.61 Å². The summed E-state index contributed by atoms with van der Waals surface area (Å²) in [6.07, 6.45) is 2.14. The van der Waals surface area contributed by atoms with E-state index >= 15 is 0 Å². The fourth-order valence-corrected chi connectivity index (χ4v) is 1.25. The number of nitrogens with two attached hydrogens (primary N) is 1. The predicted molar refractivity (Wildman–Crippen MR) is 49.8 cm³/mol. The highest BCUT2D eigenvalue weighted by Gasteiger charge is 2.19. The highest BCUT2D eigenvalue weighted by molar-refractivity contribution is 9.10. The van der Waals surface area contributed by atoms with E-state index in [4.69, 9.17) is 15.3 Å². The van der Waals surface area contributed by atoms with Crippen LogP contribution in [-0.2, 0) is 6.42 Å². The van der Waals surface area contributed by atoms with Gasteiger partial charge in [0, 0.05) is 12.0 Å². The van der Waals surface area contributed by atoms with Gasteiger partial charge in [-0.25, -0.2) is 0 Å². The third-order valence-corrected chi connectivity index (χ3v) is 1.98. The number of rotatable bonds is 3. The van der Waals surface area contributed by atoms with Crippen LogP contribution in [-0.4, -0.2) is 17.3 Å². The van der Waals surface area contributed by atoms with Gasteiger partial charge in [-0.3, -0.25) is 0 Å². The monoisotopic (exact) mass is 233 g/mol. The van der Waals surface area contributed by atoms with Gasteiger partial charge in [-0.15, -0.1) is 0 Å². The second-order valence-electron chi connectivity index (χ2n) is 3.22. The third-order valence-electron chi connectivity index (χ3n) is 1.56. The number of halogens is 1. The summed E-state index contributed by atoms with van der Waals surface area (Å²) < 4.78 is 6.06. The first kappa shape index (κ1) is 9.77. The molecule has 1 rings (SSSR count). The van der Waals surface area contributed by atoms with Gasteiger partial charge in [0.25, 0.3) is 0 Å². The van der Waals surface area contributed by atoms with Gasteiger partial charge in [0.2, 0.25) is 0 Å². The molecule has 0 aliphatic rings. The Morgan fingerprint density at radius 1 is 1.75 bits per heavy atom. The van der Waals surface area contributed by atoms with Crippen LogP contribution in [0.3, 0.4) is 0 Å². The highest BCUT2D eigenvalue weighted by atomic mass is 79.9. The van der Waals surface area contributed by atoms with Crippen LogP contribution in [0, 0.1) is 0 Å². The van der Waals surface area contributed by atoms with Crippen molar-refractivity contribution in [3.63, 3.8) is 0 Å². The SMILES string of the molecule is CC(N)(CO)Cc1cc(Br)co1. The molecule has 0 saturated heterocycles. The minimum atomic E-state index is -0.600. The van der Waals surface area contributed by atoms with Crippen molar-refractivity contribution in [2.45, 2.75) is 18.9 Å². The summed E-state index contributed by atoms with van der Waals surface area (Å²) in [7, 11) is 0. The van der Waals surface area contributed by atoms with E-state index in [1.807, 2.05) is 6.07 Å². The molecule has 1 unspecified atom stereocenters. The van der Waals surface area contributed by atoms with Crippen LogP contribution in [0.25, 0.3) is 0 Å². The quantitative estimate of drug-likeness (QED) is 0.828. The molecule has 0 amide bonds. The molecule has 0 saturated carbocycles. The Labute approximate surface area is 79.7 Å². The molecule has 1 atom stereocenters. The van der Waals surface area contributed by atoms with Crippen LogP contribution in [0.4, 0.5) is 0 Å². The third kappa shape index (κ3) is 2.62. The second kappa shape index (κ2) is 3.60. The lowest BCUT2D eigenvalue weighted by atomic mass is 9.99. The van der Waals surface area contributed by atoms with Crippen LogP contribution in [0.5, 0.6) is 0 Å². The molecule has 3 nitrogen and oxygen atoms in total. The lowest BCUT2D eigenvalue weighted by Crippen LogP contribution is -2.42. The molecule has 3 N–H and O–H groups in total. The molecule has 0 aliphatic carbocycles. The number of hydrogen-bond donors (Lipinski definition) is 2. The van der Waals surface area contributed by atoms with Crippen molar-refractivity contribution in [1.29, 1.82) is 0 Å². The lowest BCUT2D eigenvalue weighted by Gasteiger charge is -2.19. The van der Waals surface area contributed by atoms with Crippen molar-refractivity contribution in [3.05, 3.63) is 22.6 Å². The molecule has 1 heterocycles. The predicted octanol–water partition coefficient (Wildman–Crippen LogP) is 1.29. The summed E-state index contributed by atoms with van der Waals surface area (Å²) >= 11 is 3.26. The molecule has 4 heteroatoms. The minimum absolute atomic E-state index is 0.0503. The molecule has 0 radical (unpaired) electrons. The second-order valence-corrected chi connectivity index (χ2v) is 4.14. The molecule has 0 bridgehead atoms. The molecule has 1 aromatic rings. The topological polar surface area (TPSA) is 59.4 Å². The first-order chi connectivity index (χ1) is 5.53. The summed E-state index contributed by atoms with van der Waals surface area (Å²) in [5.74, 6) is 0.779. The van der Waals surface area contributed by atoms with E-state index in [0.29, 0.717) is 6.42 Å². The van der Waals surface area contributed by atoms with Crippen molar-refractivity contribution in [1.82, 2.24) is 0 Å². The van der Waals surface area contributed by atoms with Crippen LogP contribution < -0.4 is 5.73 Å². The van der Waals surface area contributed by atoms with Crippen molar-refractivity contribution < 1.29 is 9.52 Å². The Morgan fingerprint density at radius 2 is 2.42 bits per heavy atom. The fourth-order valence-electron chi connectivity index (χ4n) is 0.900. The average molecular weight is 234 g/mol. The van der Waals surface area contributed by atoms with Gasteiger partial charge in [-0.2, -0.15) is 0 Å². The van der Waals surface area contributed by atoms with Crippen LogP contribution in [0.1, 0.15) is 12.7 Å². The smallest absolute Gasteiger partial charge is 0.106 e. The Balaban J connectivity index is 2.63. The zero-order chi connectivity index (χ0) is 9.19. The molecule has 0 aromatic carbocycles. The normalized spacial score (nSPS) is 16.0. The van der Waals surface area contributed by atoms with Crippen LogP contribution >= 0.6 is 15.9 Å². The van der Waals surface area contributed by atoms with E-state index in [2.05, 4.69) is 15.9 Å². The lowest BCUT2D eigenvalue weighted by molar-refractivity contribution is 0.202. The van der Waals surface area contributed by atoms with Gasteiger partial charge in [-0.05, 0) is 28.9 Å². The Bertz CT molecular complexity index is 257. The summed E-state index contributed by atoms with van der Waals surface area (Å²) in [4.78, 5) is 0. The van der Waals surface area contributed by atoms with Crippen LogP contribution in [0.15, 0.2) is 21.2 Å². The summed E-state index contributed by atoms with van der Waals surface area (Å²) in [5, 5.41) is 8.88. The molecular formula is C8H12BrNO2. The van der Waals surface area contributed by atoms with E-state index in [9.17, 15) is 0 Å². The number of furan rings is 1. The molecule has 0 spiro atoms. The van der Waals surface area contributed by atoms with Crippen molar-refractivity contribution in [2.75, 3.05) is 6.61 Å². The zero-order valence-corrected chi connectivity index (χ0v) is 8.47. The maximum absolute atomic E-state index is 8.88. The van der Waals surface area contributed by atoms with E-state index in [1.54, 1.807) is 13.2 Å². The first-order valence-corrected chi connectivity index (χ1v) is 4.45. The van der Waals surface area contributed by atoms with Crippen molar-refractivity contribution in [3.8, 4) is 0 Å². The number of aliphatic hydroxyl groups is 1. The summed E-state index contributed by atoms with van der Waals surface area (Å²) in [5.41, 5.74) is 5.13. The molecule has 1 aromatic heterocycles. The summed E-state index contributed by atoms with van der Waals surface area (Å²) in [6.45, 7) is 1.73. The first-order valence-electron chi connectivity index (χ1n) is 3.66. The summed E-state index contributed by atoms with van der Waals surface area (Å²) in [6, 6.07) is 1.85. The van der Waals surface area contributed by atoms with E-state index in [0.717, 1.165) is 10.2 Å². The maximum Gasteiger partial charge on any atom is 0.106 e. The van der Waals surface area contributed by atoms with Gasteiger partial charge in [0.1, 0.15) is 12.0 Å². The Kier molecular flexibility index (Phi) is 2.93. The number of hydrogen-bond acceptors (Lipinski definition) is 3. The van der Waals surface area contributed by atoms with Gasteiger partial charge in [0.05, 0.1) is 11.1 Å². The van der Waals surface area contributed by atoms with E-state index in [1.165, 1.54) is 0 Å². The molecule has 12 heavy (non-hydrogen) atoms. The Hall–Kier alpha value is -0.320. The van der Waals surface area contributed by atoms with Crippen molar-refractivity contribution in [2.24, 2.45) is 5.73 Å². The van der Waals surface area contributed by atoms with Gasteiger partial charge in [-0.1, -0.05) is 0 Å². The van der Waals surface area contributed by atoms with Gasteiger partial charge in [0.15, 0.2) is 0 Å². The average Bonchev–Trinajstić information content (AvgIpc) is 2.35. The highest BCUT2D eigenvalue weighted by Crippen LogP contribution is 2.17. The molecule has 68 valence electrons.